The highest BCUT2D eigenvalue weighted by Gasteiger charge is 2.29. The molecule has 1 N–H and O–H groups in total. The van der Waals surface area contributed by atoms with Crippen molar-refractivity contribution in [1.29, 1.82) is 0 Å². The van der Waals surface area contributed by atoms with E-state index in [1.807, 2.05) is 0 Å². The molecule has 0 bridgehead atoms. The molecule has 24 heavy (non-hydrogen) atoms. The van der Waals surface area contributed by atoms with Crippen LogP contribution in [0.2, 0.25) is 0 Å². The molecule has 0 spiro atoms. The van der Waals surface area contributed by atoms with Crippen LogP contribution in [0.15, 0.2) is 18.2 Å². The van der Waals surface area contributed by atoms with Crippen molar-refractivity contribution in [2.24, 2.45) is 0 Å². The molecule has 0 radical (unpaired) electrons. The number of phenols is 1. The zero-order chi connectivity index (χ0) is 18.2. The zero-order valence-electron chi connectivity index (χ0n) is 11.6. The normalized spacial score (nSPS) is 10.5. The SMILES string of the molecule is C=[N+]([CH-]c1cc([N+](=O)[O-])ccc1O)c1c(F)c(F)c(F)c(F)c1F. The first-order chi connectivity index (χ1) is 11.1. The van der Waals surface area contributed by atoms with Crippen molar-refractivity contribution < 1.29 is 36.6 Å². The fraction of sp³-hybridized carbons (Fsp3) is 0. The molecule has 0 amide bonds. The molecule has 0 saturated carbocycles. The van der Waals surface area contributed by atoms with Crippen LogP contribution >= 0.6 is 0 Å². The van der Waals surface area contributed by atoms with Crippen molar-refractivity contribution in [2.45, 2.75) is 0 Å². The van der Waals surface area contributed by atoms with E-state index in [-0.39, 0.29) is 10.1 Å². The molecule has 0 aliphatic heterocycles. The van der Waals surface area contributed by atoms with Crippen LogP contribution < -0.4 is 0 Å². The molecule has 2 rings (SSSR count). The highest BCUT2D eigenvalue weighted by Crippen LogP contribution is 2.32. The Morgan fingerprint density at radius 3 is 2.00 bits per heavy atom. The highest BCUT2D eigenvalue weighted by atomic mass is 19.2. The number of benzene rings is 2. The van der Waals surface area contributed by atoms with Gasteiger partial charge in [-0.05, 0) is 17.7 Å². The quantitative estimate of drug-likeness (QED) is 0.135. The molecule has 0 fully saturated rings. The van der Waals surface area contributed by atoms with Crippen molar-refractivity contribution in [3.05, 3.63) is 69.5 Å². The summed E-state index contributed by atoms with van der Waals surface area (Å²) in [6.07, 6.45) is 0. The Morgan fingerprint density at radius 2 is 1.50 bits per heavy atom. The Labute approximate surface area is 131 Å². The molecule has 2 aromatic carbocycles. The van der Waals surface area contributed by atoms with Gasteiger partial charge in [-0.15, -0.1) is 0 Å². The van der Waals surface area contributed by atoms with Gasteiger partial charge in [0.15, 0.2) is 17.5 Å². The summed E-state index contributed by atoms with van der Waals surface area (Å²) in [5.41, 5.74) is -2.16. The number of phenolic OH excluding ortho intramolecular Hbond substituents is 1. The minimum absolute atomic E-state index is 0.273. The first kappa shape index (κ1) is 17.2. The van der Waals surface area contributed by atoms with Crippen molar-refractivity contribution >= 4 is 18.1 Å². The van der Waals surface area contributed by atoms with E-state index in [2.05, 4.69) is 6.72 Å². The molecule has 0 aliphatic carbocycles. The van der Waals surface area contributed by atoms with Crippen LogP contribution in [0.1, 0.15) is 5.56 Å². The third-order valence-electron chi connectivity index (χ3n) is 2.99. The number of aromatic hydroxyl groups is 1. The van der Waals surface area contributed by atoms with Crippen LogP contribution in [0, 0.1) is 45.7 Å². The predicted octanol–water partition coefficient (Wildman–Crippen LogP) is 3.55. The zero-order valence-corrected chi connectivity index (χ0v) is 11.6. The second-order valence-corrected chi connectivity index (χ2v) is 4.52. The van der Waals surface area contributed by atoms with E-state index in [4.69, 9.17) is 0 Å². The van der Waals surface area contributed by atoms with Gasteiger partial charge in [0.2, 0.25) is 23.0 Å². The first-order valence-electron chi connectivity index (χ1n) is 6.08. The minimum atomic E-state index is -2.33. The fourth-order valence-electron chi connectivity index (χ4n) is 1.84. The first-order valence-corrected chi connectivity index (χ1v) is 6.08. The molecule has 0 heterocycles. The molecule has 0 atom stereocenters. The molecular weight excluding hydrogens is 339 g/mol. The van der Waals surface area contributed by atoms with Gasteiger partial charge in [-0.1, -0.05) is 0 Å². The standard InChI is InChI=1S/C14H7F5N2O3/c1-20(5-6-4-7(21(23)24)2-3-8(6)22)14-12(18)10(16)9(15)11(17)13(14)19/h2-5,22H,1H2. The van der Waals surface area contributed by atoms with Crippen LogP contribution in [-0.2, 0) is 0 Å². The van der Waals surface area contributed by atoms with E-state index in [1.54, 1.807) is 0 Å². The number of nitro groups is 1. The van der Waals surface area contributed by atoms with E-state index < -0.39 is 51.1 Å². The van der Waals surface area contributed by atoms with Crippen LogP contribution in [0.3, 0.4) is 0 Å². The van der Waals surface area contributed by atoms with Crippen molar-refractivity contribution in [3.8, 4) is 5.75 Å². The van der Waals surface area contributed by atoms with Gasteiger partial charge in [0.1, 0.15) is 6.54 Å². The van der Waals surface area contributed by atoms with E-state index in [0.717, 1.165) is 18.2 Å². The maximum Gasteiger partial charge on any atom is 0.238 e. The van der Waals surface area contributed by atoms with Gasteiger partial charge in [0.25, 0.3) is 0 Å². The second kappa shape index (κ2) is 6.14. The van der Waals surface area contributed by atoms with Crippen molar-refractivity contribution in [3.63, 3.8) is 0 Å². The third kappa shape index (κ3) is 2.85. The van der Waals surface area contributed by atoms with Gasteiger partial charge in [-0.25, -0.2) is 22.0 Å². The molecule has 0 aliphatic rings. The maximum atomic E-state index is 13.7. The highest BCUT2D eigenvalue weighted by molar-refractivity contribution is 5.47. The van der Waals surface area contributed by atoms with Crippen LogP contribution in [0.4, 0.5) is 33.3 Å². The number of halogens is 5. The number of non-ortho nitro benzene ring substituents is 1. The van der Waals surface area contributed by atoms with Crippen LogP contribution in [0.25, 0.3) is 0 Å². The van der Waals surface area contributed by atoms with E-state index in [0.29, 0.717) is 6.54 Å². The van der Waals surface area contributed by atoms with Gasteiger partial charge in [-0.2, -0.15) is 0 Å². The molecule has 10 heteroatoms. The van der Waals surface area contributed by atoms with Gasteiger partial charge < -0.3 is 5.11 Å². The number of hydrogen-bond donors (Lipinski definition) is 1. The largest absolute Gasteiger partial charge is 0.542 e. The molecule has 0 aromatic heterocycles. The Balaban J connectivity index is 2.49. The molecule has 0 unspecified atom stereocenters. The average molecular weight is 346 g/mol. The molecule has 5 nitrogen and oxygen atoms in total. The van der Waals surface area contributed by atoms with Crippen molar-refractivity contribution in [2.75, 3.05) is 0 Å². The summed E-state index contributed by atoms with van der Waals surface area (Å²) in [5.74, 6) is -11.5. The molecule has 2 aromatic rings. The Bertz CT molecular complexity index is 841. The second-order valence-electron chi connectivity index (χ2n) is 4.52. The summed E-state index contributed by atoms with van der Waals surface area (Å²) in [6.45, 7) is 3.79. The van der Waals surface area contributed by atoms with E-state index in [9.17, 15) is 37.2 Å². The summed E-state index contributed by atoms with van der Waals surface area (Å²) in [6, 6.07) is 2.72. The monoisotopic (exact) mass is 346 g/mol. The number of nitro benzene ring substituents is 1. The Kier molecular flexibility index (Phi) is 4.40. The molecular formula is C14H7F5N2O3. The third-order valence-corrected chi connectivity index (χ3v) is 2.99. The smallest absolute Gasteiger partial charge is 0.238 e. The summed E-state index contributed by atoms with van der Waals surface area (Å²) >= 11 is 0. The maximum absolute atomic E-state index is 13.7. The van der Waals surface area contributed by atoms with Gasteiger partial charge in [-0.3, -0.25) is 14.7 Å². The fourth-order valence-corrected chi connectivity index (χ4v) is 1.84. The lowest BCUT2D eigenvalue weighted by molar-refractivity contribution is -0.388. The Morgan fingerprint density at radius 1 is 1.00 bits per heavy atom. The topological polar surface area (TPSA) is 66.4 Å². The minimum Gasteiger partial charge on any atom is -0.542 e. The lowest BCUT2D eigenvalue weighted by Gasteiger charge is -2.12. The molecule has 0 saturated heterocycles. The Hall–Kier alpha value is -3.17. The number of hydrogen-bond acceptors (Lipinski definition) is 3. The summed E-state index contributed by atoms with van der Waals surface area (Å²) in [5, 5.41) is 20.3. The average Bonchev–Trinajstić information content (AvgIpc) is 2.53. The number of nitrogens with zero attached hydrogens (tertiary/aromatic N) is 2. The number of rotatable bonds is 4. The predicted molar refractivity (Wildman–Crippen MR) is 71.4 cm³/mol. The van der Waals surface area contributed by atoms with Gasteiger partial charge >= 0.3 is 0 Å². The lowest BCUT2D eigenvalue weighted by atomic mass is 10.1. The lowest BCUT2D eigenvalue weighted by Crippen LogP contribution is -2.10. The van der Waals surface area contributed by atoms with Gasteiger partial charge in [0, 0.05) is 6.07 Å². The summed E-state index contributed by atoms with van der Waals surface area (Å²) in [4.78, 5) is 9.87. The van der Waals surface area contributed by atoms with Gasteiger partial charge in [0.05, 0.1) is 17.4 Å². The van der Waals surface area contributed by atoms with Crippen molar-refractivity contribution in [1.82, 2.24) is 0 Å². The van der Waals surface area contributed by atoms with Crippen LogP contribution in [0.5, 0.6) is 5.75 Å². The van der Waals surface area contributed by atoms with Crippen LogP contribution in [-0.4, -0.2) is 21.3 Å². The molecule has 126 valence electrons. The van der Waals surface area contributed by atoms with E-state index >= 15 is 0 Å². The van der Waals surface area contributed by atoms with E-state index in [1.165, 1.54) is 0 Å². The summed E-state index contributed by atoms with van der Waals surface area (Å²) < 4.78 is 67.0. The summed E-state index contributed by atoms with van der Waals surface area (Å²) in [7, 11) is 0.